The van der Waals surface area contributed by atoms with E-state index in [1.54, 1.807) is 31.1 Å². The zero-order valence-electron chi connectivity index (χ0n) is 17.2. The largest absolute Gasteiger partial charge is 0.310 e. The van der Waals surface area contributed by atoms with Crippen LogP contribution >= 0.6 is 11.8 Å². The van der Waals surface area contributed by atoms with Gasteiger partial charge in [-0.15, -0.1) is 0 Å². The summed E-state index contributed by atoms with van der Waals surface area (Å²) in [5.74, 6) is 0.559. The van der Waals surface area contributed by atoms with Crippen molar-refractivity contribution < 1.29 is 9.18 Å². The van der Waals surface area contributed by atoms with Crippen LogP contribution in [-0.4, -0.2) is 46.6 Å². The van der Waals surface area contributed by atoms with Crippen LogP contribution in [0.15, 0.2) is 47.4 Å². The lowest BCUT2D eigenvalue weighted by Gasteiger charge is -2.31. The highest BCUT2D eigenvalue weighted by Gasteiger charge is 2.24. The molecule has 0 radical (unpaired) electrons. The Labute approximate surface area is 180 Å². The van der Waals surface area contributed by atoms with Crippen molar-refractivity contribution in [3.05, 3.63) is 48.0 Å². The molecule has 1 saturated heterocycles. The van der Waals surface area contributed by atoms with Crippen LogP contribution in [-0.2, 0) is 4.79 Å². The van der Waals surface area contributed by atoms with E-state index >= 15 is 0 Å². The van der Waals surface area contributed by atoms with Gasteiger partial charge in [0.25, 0.3) is 0 Å². The maximum absolute atomic E-state index is 13.4. The standard InChI is InChI=1S/C23H25FN4OS/c1-15(24)17-6-9-28(10-7-17)14-23(29)27-22-12-20-11-18(3-4-19(20)13-26-22)21-5-8-25-16(2)30-21/h3-4,8,11-13,15,17H,6-7,9-10,14H2,1-2H3,(H,26,27,29). The number of rotatable bonds is 5. The zero-order chi connectivity index (χ0) is 21.1. The number of nitrogens with one attached hydrogen (secondary N) is 1. The van der Waals surface area contributed by atoms with E-state index in [1.807, 2.05) is 25.1 Å². The van der Waals surface area contributed by atoms with Gasteiger partial charge in [-0.05, 0) is 68.8 Å². The highest BCUT2D eigenvalue weighted by molar-refractivity contribution is 8.21. The Morgan fingerprint density at radius 2 is 2.13 bits per heavy atom. The first-order valence-corrected chi connectivity index (χ1v) is 11.0. The van der Waals surface area contributed by atoms with Gasteiger partial charge in [0, 0.05) is 11.6 Å². The summed E-state index contributed by atoms with van der Waals surface area (Å²) in [6.07, 6.45) is 4.29. The van der Waals surface area contributed by atoms with Crippen molar-refractivity contribution in [2.45, 2.75) is 32.9 Å². The lowest BCUT2D eigenvalue weighted by Crippen LogP contribution is -2.40. The molecule has 1 atom stereocenters. The van der Waals surface area contributed by atoms with Crippen molar-refractivity contribution in [3.8, 4) is 0 Å². The molecular weight excluding hydrogens is 399 g/mol. The highest BCUT2D eigenvalue weighted by Crippen LogP contribution is 2.32. The molecule has 5 nitrogen and oxygen atoms in total. The SMILES string of the molecule is CC1=NC=C=C(c2ccc3cnc(NC(=O)CN4CCC(C(C)F)CC4)cc3c2)S1. The Morgan fingerprint density at radius 3 is 2.87 bits per heavy atom. The van der Waals surface area contributed by atoms with Crippen LogP contribution in [0, 0.1) is 5.92 Å². The third kappa shape index (κ3) is 4.98. The van der Waals surface area contributed by atoms with Crippen LogP contribution in [0.2, 0.25) is 0 Å². The molecule has 0 bridgehead atoms. The quantitative estimate of drug-likeness (QED) is 0.697. The molecule has 1 amide bonds. The summed E-state index contributed by atoms with van der Waals surface area (Å²) in [6, 6.07) is 8.05. The Kier molecular flexibility index (Phi) is 6.32. The minimum atomic E-state index is -0.776. The number of likely N-dealkylation sites (tertiary alicyclic amines) is 1. The normalized spacial score (nSPS) is 18.8. The molecular formula is C23H25FN4OS. The molecule has 3 heterocycles. The number of aliphatic imine (C=N–C) groups is 1. The lowest BCUT2D eigenvalue weighted by atomic mass is 9.93. The summed E-state index contributed by atoms with van der Waals surface area (Å²) >= 11 is 1.59. The molecule has 1 aromatic carbocycles. The van der Waals surface area contributed by atoms with E-state index in [9.17, 15) is 9.18 Å². The second-order valence-corrected chi connectivity index (χ2v) is 9.03. The fourth-order valence-electron chi connectivity index (χ4n) is 3.83. The minimum Gasteiger partial charge on any atom is -0.310 e. The van der Waals surface area contributed by atoms with Crippen molar-refractivity contribution in [2.24, 2.45) is 10.9 Å². The Morgan fingerprint density at radius 1 is 1.33 bits per heavy atom. The molecule has 156 valence electrons. The van der Waals surface area contributed by atoms with Crippen LogP contribution in [0.5, 0.6) is 0 Å². The number of amides is 1. The molecule has 1 aromatic heterocycles. The van der Waals surface area contributed by atoms with E-state index in [4.69, 9.17) is 0 Å². The number of piperidine rings is 1. The summed E-state index contributed by atoms with van der Waals surface area (Å²) < 4.78 is 13.4. The smallest absolute Gasteiger partial charge is 0.239 e. The summed E-state index contributed by atoms with van der Waals surface area (Å²) in [4.78, 5) is 24.2. The fraction of sp³-hybridized carbons (Fsp3) is 0.391. The van der Waals surface area contributed by atoms with Crippen molar-refractivity contribution in [1.29, 1.82) is 0 Å². The van der Waals surface area contributed by atoms with E-state index in [2.05, 4.69) is 32.0 Å². The number of anilines is 1. The first kappa shape index (κ1) is 20.8. The van der Waals surface area contributed by atoms with Crippen LogP contribution in [0.1, 0.15) is 32.3 Å². The Hall–Kier alpha value is -2.47. The van der Waals surface area contributed by atoms with Crippen molar-refractivity contribution >= 4 is 44.2 Å². The van der Waals surface area contributed by atoms with Gasteiger partial charge in [0.2, 0.25) is 5.91 Å². The molecule has 2 aliphatic rings. The number of aromatic nitrogens is 1. The molecule has 0 spiro atoms. The average Bonchev–Trinajstić information content (AvgIpc) is 2.73. The van der Waals surface area contributed by atoms with Crippen molar-refractivity contribution in [3.63, 3.8) is 0 Å². The Balaban J connectivity index is 1.42. The molecule has 0 aliphatic carbocycles. The number of nitrogens with zero attached hydrogens (tertiary/aromatic N) is 3. The third-order valence-electron chi connectivity index (χ3n) is 5.59. The average molecular weight is 425 g/mol. The number of thioether (sulfide) groups is 1. The molecule has 1 fully saturated rings. The second kappa shape index (κ2) is 9.13. The van der Waals surface area contributed by atoms with Gasteiger partial charge >= 0.3 is 0 Å². The van der Waals surface area contributed by atoms with Gasteiger partial charge in [-0.2, -0.15) is 0 Å². The van der Waals surface area contributed by atoms with Gasteiger partial charge in [-0.3, -0.25) is 9.69 Å². The number of pyridine rings is 1. The van der Waals surface area contributed by atoms with Gasteiger partial charge < -0.3 is 5.32 Å². The second-order valence-electron chi connectivity index (χ2n) is 7.82. The Bertz CT molecular complexity index is 1050. The number of halogens is 1. The van der Waals surface area contributed by atoms with E-state index in [1.165, 1.54) is 0 Å². The first-order chi connectivity index (χ1) is 14.5. The maximum Gasteiger partial charge on any atom is 0.239 e. The summed E-state index contributed by atoms with van der Waals surface area (Å²) in [6.45, 7) is 5.41. The number of alkyl halides is 1. The molecule has 0 saturated carbocycles. The van der Waals surface area contributed by atoms with Gasteiger partial charge in [0.1, 0.15) is 12.0 Å². The monoisotopic (exact) mass is 424 g/mol. The van der Waals surface area contributed by atoms with E-state index < -0.39 is 6.17 Å². The summed E-state index contributed by atoms with van der Waals surface area (Å²) in [5.41, 5.74) is 4.25. The third-order valence-corrected chi connectivity index (χ3v) is 6.55. The van der Waals surface area contributed by atoms with E-state index in [0.29, 0.717) is 12.4 Å². The van der Waals surface area contributed by atoms with Crippen molar-refractivity contribution in [1.82, 2.24) is 9.88 Å². The van der Waals surface area contributed by atoms with Gasteiger partial charge in [-0.1, -0.05) is 29.6 Å². The fourth-order valence-corrected chi connectivity index (χ4v) is 4.59. The number of hydrogen-bond donors (Lipinski definition) is 1. The molecule has 30 heavy (non-hydrogen) atoms. The summed E-state index contributed by atoms with van der Waals surface area (Å²) in [7, 11) is 0. The van der Waals surface area contributed by atoms with Crippen LogP contribution in [0.25, 0.3) is 15.7 Å². The van der Waals surface area contributed by atoms with Gasteiger partial charge in [-0.25, -0.2) is 14.4 Å². The van der Waals surface area contributed by atoms with Crippen LogP contribution in [0.3, 0.4) is 0 Å². The number of carbonyl (C=O) groups excluding carboxylic acids is 1. The number of fused-ring (bicyclic) bond motifs is 1. The van der Waals surface area contributed by atoms with Crippen molar-refractivity contribution in [2.75, 3.05) is 25.0 Å². The van der Waals surface area contributed by atoms with Gasteiger partial charge in [0.15, 0.2) is 0 Å². The number of hydrogen-bond acceptors (Lipinski definition) is 5. The lowest BCUT2D eigenvalue weighted by molar-refractivity contribution is -0.117. The topological polar surface area (TPSA) is 57.6 Å². The molecule has 1 N–H and O–H groups in total. The number of benzene rings is 1. The maximum atomic E-state index is 13.4. The predicted octanol–water partition coefficient (Wildman–Crippen LogP) is 4.86. The highest BCUT2D eigenvalue weighted by atomic mass is 32.2. The molecule has 1 unspecified atom stereocenters. The predicted molar refractivity (Wildman–Crippen MR) is 122 cm³/mol. The summed E-state index contributed by atoms with van der Waals surface area (Å²) in [5, 5.41) is 5.90. The minimum absolute atomic E-state index is 0.0925. The van der Waals surface area contributed by atoms with Gasteiger partial charge in [0.05, 0.1) is 22.7 Å². The zero-order valence-corrected chi connectivity index (χ0v) is 18.0. The van der Waals surface area contributed by atoms with E-state index in [-0.39, 0.29) is 11.8 Å². The van der Waals surface area contributed by atoms with Crippen LogP contribution < -0.4 is 5.32 Å². The molecule has 4 rings (SSSR count). The van der Waals surface area contributed by atoms with Crippen LogP contribution in [0.4, 0.5) is 10.2 Å². The van der Waals surface area contributed by atoms with E-state index in [0.717, 1.165) is 52.2 Å². The first-order valence-electron chi connectivity index (χ1n) is 10.2. The molecule has 7 heteroatoms. The molecule has 2 aromatic rings. The number of carbonyl (C=O) groups is 1. The molecule has 2 aliphatic heterocycles.